The highest BCUT2D eigenvalue weighted by molar-refractivity contribution is 14.1. The Labute approximate surface area is 96.5 Å². The summed E-state index contributed by atoms with van der Waals surface area (Å²) in [5, 5.41) is 11.0. The molecule has 0 aromatic heterocycles. The second-order valence-corrected chi connectivity index (χ2v) is 3.83. The summed E-state index contributed by atoms with van der Waals surface area (Å²) in [5.41, 5.74) is -2.27. The van der Waals surface area contributed by atoms with Crippen LogP contribution in [0.25, 0.3) is 0 Å². The standard InChI is InChI=1S/C8H5F3INO2/c1-3-5(7(14)15)6(8(9,10)11)4(12)2-13-3/h2,13H,1H2,(H,14,15). The molecule has 0 unspecified atom stereocenters. The van der Waals surface area contributed by atoms with Crippen LogP contribution in [0.15, 0.2) is 33.2 Å². The van der Waals surface area contributed by atoms with Crippen molar-refractivity contribution in [1.29, 1.82) is 0 Å². The predicted molar refractivity (Wildman–Crippen MR) is 55.1 cm³/mol. The molecule has 0 saturated heterocycles. The number of nitrogens with one attached hydrogen (secondary N) is 1. The van der Waals surface area contributed by atoms with E-state index in [1.165, 1.54) is 22.6 Å². The van der Waals surface area contributed by atoms with Gasteiger partial charge in [-0.2, -0.15) is 13.2 Å². The molecule has 15 heavy (non-hydrogen) atoms. The first-order valence-electron chi connectivity index (χ1n) is 3.61. The lowest BCUT2D eigenvalue weighted by Gasteiger charge is -2.21. The Balaban J connectivity index is 3.45. The zero-order valence-corrected chi connectivity index (χ0v) is 9.31. The van der Waals surface area contributed by atoms with E-state index in [-0.39, 0.29) is 9.28 Å². The molecule has 0 bridgehead atoms. The molecule has 2 N–H and O–H groups in total. The van der Waals surface area contributed by atoms with Crippen molar-refractivity contribution in [2.45, 2.75) is 6.18 Å². The molecule has 3 nitrogen and oxygen atoms in total. The third kappa shape index (κ3) is 2.33. The van der Waals surface area contributed by atoms with Crippen molar-refractivity contribution in [1.82, 2.24) is 5.32 Å². The lowest BCUT2D eigenvalue weighted by molar-refractivity contribution is -0.133. The van der Waals surface area contributed by atoms with Crippen LogP contribution in [0.3, 0.4) is 0 Å². The van der Waals surface area contributed by atoms with E-state index in [0.29, 0.717) is 0 Å². The molecular formula is C8H5F3INO2. The van der Waals surface area contributed by atoms with Crippen molar-refractivity contribution < 1.29 is 23.1 Å². The van der Waals surface area contributed by atoms with Gasteiger partial charge in [-0.25, -0.2) is 4.79 Å². The average molecular weight is 331 g/mol. The number of allylic oxidation sites excluding steroid dienone is 2. The molecule has 1 heterocycles. The molecule has 0 atom stereocenters. The monoisotopic (exact) mass is 331 g/mol. The van der Waals surface area contributed by atoms with Crippen LogP contribution in [0, 0.1) is 0 Å². The maximum absolute atomic E-state index is 12.5. The molecule has 1 rings (SSSR count). The Bertz CT molecular complexity index is 395. The van der Waals surface area contributed by atoms with Gasteiger partial charge in [0.2, 0.25) is 0 Å². The molecule has 0 saturated carbocycles. The lowest BCUT2D eigenvalue weighted by atomic mass is 10.0. The van der Waals surface area contributed by atoms with Gasteiger partial charge in [0.15, 0.2) is 0 Å². The maximum atomic E-state index is 12.5. The van der Waals surface area contributed by atoms with Crippen LogP contribution in [0.1, 0.15) is 0 Å². The fourth-order valence-corrected chi connectivity index (χ4v) is 1.81. The van der Waals surface area contributed by atoms with Crippen LogP contribution in [-0.4, -0.2) is 17.3 Å². The minimum Gasteiger partial charge on any atom is -0.478 e. The minimum atomic E-state index is -4.70. The number of carboxylic acids is 1. The largest absolute Gasteiger partial charge is 0.478 e. The van der Waals surface area contributed by atoms with Crippen molar-refractivity contribution in [3.05, 3.63) is 33.2 Å². The summed E-state index contributed by atoms with van der Waals surface area (Å²) in [6, 6.07) is 0. The maximum Gasteiger partial charge on any atom is 0.418 e. The van der Waals surface area contributed by atoms with E-state index < -0.39 is 23.3 Å². The molecule has 7 heteroatoms. The highest BCUT2D eigenvalue weighted by Crippen LogP contribution is 2.39. The summed E-state index contributed by atoms with van der Waals surface area (Å²) in [7, 11) is 0. The summed E-state index contributed by atoms with van der Waals surface area (Å²) in [5.74, 6) is -1.65. The van der Waals surface area contributed by atoms with Gasteiger partial charge in [-0.3, -0.25) is 0 Å². The van der Waals surface area contributed by atoms with Crippen LogP contribution in [0.4, 0.5) is 13.2 Å². The van der Waals surface area contributed by atoms with E-state index in [1.807, 2.05) is 0 Å². The molecule has 0 radical (unpaired) electrons. The summed E-state index contributed by atoms with van der Waals surface area (Å²) in [6.45, 7) is 3.22. The van der Waals surface area contributed by atoms with Gasteiger partial charge in [-0.15, -0.1) is 0 Å². The first-order valence-corrected chi connectivity index (χ1v) is 4.69. The van der Waals surface area contributed by atoms with Crippen molar-refractivity contribution in [2.75, 3.05) is 0 Å². The zero-order chi connectivity index (χ0) is 11.8. The number of hydrogen-bond donors (Lipinski definition) is 2. The molecule has 0 aliphatic carbocycles. The van der Waals surface area contributed by atoms with Crippen molar-refractivity contribution in [2.24, 2.45) is 0 Å². The molecule has 1 aliphatic heterocycles. The Morgan fingerprint density at radius 1 is 1.53 bits per heavy atom. The third-order valence-electron chi connectivity index (χ3n) is 1.66. The van der Waals surface area contributed by atoms with Crippen LogP contribution in [0.2, 0.25) is 0 Å². The molecule has 0 fully saturated rings. The quantitative estimate of drug-likeness (QED) is 0.725. The fourth-order valence-electron chi connectivity index (χ4n) is 1.08. The van der Waals surface area contributed by atoms with E-state index in [9.17, 15) is 18.0 Å². The smallest absolute Gasteiger partial charge is 0.418 e. The van der Waals surface area contributed by atoms with Crippen molar-refractivity contribution in [3.8, 4) is 0 Å². The summed E-state index contributed by atoms with van der Waals surface area (Å²) in [6.07, 6.45) is -3.63. The number of hydrogen-bond acceptors (Lipinski definition) is 2. The molecule has 82 valence electrons. The summed E-state index contributed by atoms with van der Waals surface area (Å²) in [4.78, 5) is 10.7. The number of dihydropyridines is 1. The minimum absolute atomic E-state index is 0.204. The first kappa shape index (κ1) is 12.1. The third-order valence-corrected chi connectivity index (χ3v) is 2.51. The molecule has 0 aromatic rings. The van der Waals surface area contributed by atoms with Crippen LogP contribution >= 0.6 is 22.6 Å². The van der Waals surface area contributed by atoms with Gasteiger partial charge in [0.1, 0.15) is 0 Å². The van der Waals surface area contributed by atoms with E-state index >= 15 is 0 Å². The Kier molecular flexibility index (Phi) is 3.12. The number of alkyl halides is 3. The molecule has 0 aromatic carbocycles. The highest BCUT2D eigenvalue weighted by atomic mass is 127. The average Bonchev–Trinajstić information content (AvgIpc) is 2.05. The summed E-state index contributed by atoms with van der Waals surface area (Å²) < 4.78 is 37.4. The van der Waals surface area contributed by atoms with Gasteiger partial charge in [-0.1, -0.05) is 6.58 Å². The number of halogens is 4. The van der Waals surface area contributed by atoms with Gasteiger partial charge in [0.05, 0.1) is 11.1 Å². The Morgan fingerprint density at radius 3 is 2.40 bits per heavy atom. The first-order chi connectivity index (χ1) is 6.75. The van der Waals surface area contributed by atoms with E-state index in [2.05, 4.69) is 11.9 Å². The van der Waals surface area contributed by atoms with Gasteiger partial charge < -0.3 is 10.4 Å². The second kappa shape index (κ2) is 3.87. The topological polar surface area (TPSA) is 49.3 Å². The molecule has 0 amide bonds. The van der Waals surface area contributed by atoms with Crippen LogP contribution < -0.4 is 5.32 Å². The van der Waals surface area contributed by atoms with Gasteiger partial charge in [0.25, 0.3) is 0 Å². The SMILES string of the molecule is C=C1NC=C(I)C(C(F)(F)F)=C1C(=O)O. The van der Waals surface area contributed by atoms with Gasteiger partial charge in [-0.05, 0) is 22.6 Å². The summed E-state index contributed by atoms with van der Waals surface area (Å²) >= 11 is 1.42. The van der Waals surface area contributed by atoms with Crippen molar-refractivity contribution in [3.63, 3.8) is 0 Å². The number of carboxylic acid groups (broad SMARTS) is 1. The lowest BCUT2D eigenvalue weighted by Crippen LogP contribution is -2.26. The highest BCUT2D eigenvalue weighted by Gasteiger charge is 2.41. The molecule has 1 aliphatic rings. The van der Waals surface area contributed by atoms with E-state index in [0.717, 1.165) is 6.20 Å². The van der Waals surface area contributed by atoms with Gasteiger partial charge >= 0.3 is 12.1 Å². The van der Waals surface area contributed by atoms with Crippen LogP contribution in [-0.2, 0) is 4.79 Å². The number of rotatable bonds is 1. The zero-order valence-electron chi connectivity index (χ0n) is 7.15. The molecule has 0 spiro atoms. The Hall–Kier alpha value is -0.990. The number of aliphatic carboxylic acids is 1. The second-order valence-electron chi connectivity index (χ2n) is 2.67. The van der Waals surface area contributed by atoms with Crippen molar-refractivity contribution >= 4 is 28.6 Å². The Morgan fingerprint density at radius 2 is 2.07 bits per heavy atom. The van der Waals surface area contributed by atoms with E-state index in [1.54, 1.807) is 0 Å². The fraction of sp³-hybridized carbons (Fsp3) is 0.125. The predicted octanol–water partition coefficient (Wildman–Crippen LogP) is 2.32. The van der Waals surface area contributed by atoms with Gasteiger partial charge in [0, 0.05) is 15.5 Å². The van der Waals surface area contributed by atoms with E-state index in [4.69, 9.17) is 5.11 Å². The van der Waals surface area contributed by atoms with Crippen LogP contribution in [0.5, 0.6) is 0 Å². The normalized spacial score (nSPS) is 17.3. The number of carbonyl (C=O) groups is 1. The molecular weight excluding hydrogens is 326 g/mol.